The normalized spacial score (nSPS) is 16.7. The van der Waals surface area contributed by atoms with E-state index in [0.29, 0.717) is 89.4 Å². The standard InChI is InChI=1S/C17H20F3NO4.C16H20F3NO4.C16H18F3NO2.C15H15BrF3NO2.C15H18F3NO2.2C15H21NO2/c1-23-12-8-11-5-4-10(14(11)16(25-3)15(12)24-2)6-7-21-13(22)9-17(18,19)20;1-22-11-8-10-5-4-9(6-7-20-15(21)16(17,18)19)12(10)14(24-3)13(11)23-2;1-15(2)9-10-4-5-11(22-3)8-12(10)13(15)6-7-20-14(21)16(17,18)19;1-8-12-9(5-6-20-14(21)15(17,18)19)3-4-10(12)7-11(16)13(8)22-2;1-21-12-7-6-11-5-4-10(13(11)9-12)3-2-8-19-14(20)15(16,17)18;1-11(17)16-9-3-4-12-5-6-13-7-8-14(18-2)10-15(12)13;1-3-15(17)16-9-8-12-5-4-11-6-7-13(18-2)10-14(11)12/h6,8H,4-5,7,9H2,1-3H3,(H,21,22);8-9H,4-7H2,1-3H3,(H,20,21);4-6,8H,7,9H2,1-3H3,(H,20,21);5,7H,3-4,6H2,1-2H3,(H,20,21);6-7,9-10H,2-5,8H2,1H3,(H,19,20);7-8,10,12H,3-6,9H2,1-2H3,(H,16,17);6-7,10,12H,3-5,8-9H2,1-2H3,(H,16,17)/b10-6+;;13-6+;9-5+;;;. The van der Waals surface area contributed by atoms with Gasteiger partial charge in [-0.05, 0) is 330 Å². The predicted octanol–water partition coefficient (Wildman–Crippen LogP) is 21.5. The van der Waals surface area contributed by atoms with Crippen molar-refractivity contribution in [2.75, 3.05) is 124 Å². The summed E-state index contributed by atoms with van der Waals surface area (Å²) in [5.41, 5.74) is 19.7. The van der Waals surface area contributed by atoms with Crippen LogP contribution in [0.1, 0.15) is 225 Å². The molecule has 0 aromatic heterocycles. The zero-order valence-electron chi connectivity index (χ0n) is 86.9. The van der Waals surface area contributed by atoms with Crippen LogP contribution >= 0.6 is 15.9 Å². The molecular weight excluding hydrogens is 2060 g/mol. The summed E-state index contributed by atoms with van der Waals surface area (Å²) in [5, 5.41) is 15.6. The fraction of sp³-hybridized carbons (Fsp3) is 0.495. The predicted molar refractivity (Wildman–Crippen MR) is 542 cm³/mol. The molecule has 150 heavy (non-hydrogen) atoms. The highest BCUT2D eigenvalue weighted by atomic mass is 79.9. The number of carbonyl (C=O) groups is 7. The van der Waals surface area contributed by atoms with Gasteiger partial charge in [0, 0.05) is 70.3 Å². The highest BCUT2D eigenvalue weighted by Gasteiger charge is 2.43. The summed E-state index contributed by atoms with van der Waals surface area (Å²) in [5.74, 6) is 0.189. The van der Waals surface area contributed by atoms with Crippen LogP contribution in [0.2, 0.25) is 0 Å². The van der Waals surface area contributed by atoms with Crippen molar-refractivity contribution in [2.45, 2.75) is 224 Å². The summed E-state index contributed by atoms with van der Waals surface area (Å²) in [6.45, 7) is 10.7. The number of ether oxygens (including phenoxy) is 11. The molecule has 0 bridgehead atoms. The van der Waals surface area contributed by atoms with Gasteiger partial charge in [-0.15, -0.1) is 0 Å². The Labute approximate surface area is 872 Å². The van der Waals surface area contributed by atoms with Crippen LogP contribution < -0.4 is 89.3 Å². The number of fused-ring (bicyclic) bond motifs is 7. The first-order valence-electron chi connectivity index (χ1n) is 48.9. The Balaban J connectivity index is 0.000000214. The largest absolute Gasteiger partial charge is 0.497 e. The van der Waals surface area contributed by atoms with E-state index in [1.165, 1.54) is 95.3 Å². The summed E-state index contributed by atoms with van der Waals surface area (Å²) in [7, 11) is 17.2. The zero-order valence-corrected chi connectivity index (χ0v) is 88.5. The Bertz CT molecular complexity index is 5900. The monoisotopic (exact) mass is 2190 g/mol. The van der Waals surface area contributed by atoms with Crippen LogP contribution in [-0.2, 0) is 78.5 Å². The van der Waals surface area contributed by atoms with Gasteiger partial charge in [-0.1, -0.05) is 63.3 Å². The Morgan fingerprint density at radius 1 is 0.373 bits per heavy atom. The van der Waals surface area contributed by atoms with Gasteiger partial charge in [0.25, 0.3) is 0 Å². The lowest BCUT2D eigenvalue weighted by atomic mass is 9.85. The number of rotatable bonds is 33. The Kier molecular flexibility index (Phi) is 46.1. The molecule has 7 amide bonds. The van der Waals surface area contributed by atoms with Crippen LogP contribution in [0, 0.1) is 12.3 Å². The van der Waals surface area contributed by atoms with E-state index in [2.05, 4.69) is 56.1 Å². The molecule has 7 aliphatic carbocycles. The van der Waals surface area contributed by atoms with Gasteiger partial charge in [0.2, 0.25) is 29.2 Å². The molecule has 0 saturated carbocycles. The van der Waals surface area contributed by atoms with Crippen LogP contribution in [-0.4, -0.2) is 196 Å². The maximum atomic E-state index is 12.2. The number of halogens is 16. The minimum atomic E-state index is -4.86. The van der Waals surface area contributed by atoms with Crippen molar-refractivity contribution in [3.63, 3.8) is 0 Å². The third kappa shape index (κ3) is 34.7. The van der Waals surface area contributed by atoms with E-state index in [1.54, 1.807) is 60.7 Å². The summed E-state index contributed by atoms with van der Waals surface area (Å²) in [4.78, 5) is 76.5. The summed E-state index contributed by atoms with van der Waals surface area (Å²) in [6.07, 6.45) is -2.90. The SMILES string of the molecule is CCC(=O)NCCC1CCc2ccc(OC)cc21.COc1c(Br)cc2c(c1C)/C(=C/CNC(=O)C(F)(F)F)CC2.COc1cc2c(c(OC)c1OC)/C(=C/CNC(=O)CC(F)(F)F)CC2.COc1cc2c(c(OC)c1OC)C(CCNC(=O)C(F)(F)F)CC2.COc1ccc2c(c1)/C(=C\CNC(=O)C(F)(F)F)C(C)(C)C2.COc1ccc2c(c1)C(CCCNC(=O)C(F)(F)F)CC2.COc1ccc2c(c1)C(CCCNC(C)=O)CC2. The first kappa shape index (κ1) is 122. The number of amides is 7. The summed E-state index contributed by atoms with van der Waals surface area (Å²) in [6, 6.07) is 30.1. The summed E-state index contributed by atoms with van der Waals surface area (Å²) >= 11 is 3.45. The molecule has 0 saturated heterocycles. The van der Waals surface area contributed by atoms with E-state index in [1.807, 2.05) is 116 Å². The Morgan fingerprint density at radius 3 is 1.19 bits per heavy atom. The second kappa shape index (κ2) is 56.4. The fourth-order valence-electron chi connectivity index (χ4n) is 19.5. The van der Waals surface area contributed by atoms with Gasteiger partial charge in [-0.2, -0.15) is 65.9 Å². The van der Waals surface area contributed by atoms with Gasteiger partial charge in [0.05, 0.1) is 82.7 Å². The first-order valence-corrected chi connectivity index (χ1v) is 49.7. The van der Waals surface area contributed by atoms with Crippen LogP contribution in [0.15, 0.2) is 114 Å². The van der Waals surface area contributed by atoms with E-state index < -0.39 is 66.8 Å². The van der Waals surface area contributed by atoms with Gasteiger partial charge in [0.1, 0.15) is 35.2 Å². The molecule has 824 valence electrons. The van der Waals surface area contributed by atoms with Crippen LogP contribution in [0.25, 0.3) is 16.7 Å². The quantitative estimate of drug-likeness (QED) is 0.0148. The van der Waals surface area contributed by atoms with Crippen molar-refractivity contribution in [1.29, 1.82) is 0 Å². The van der Waals surface area contributed by atoms with E-state index in [0.717, 1.165) is 185 Å². The fourth-order valence-corrected chi connectivity index (χ4v) is 20.2. The van der Waals surface area contributed by atoms with Crippen molar-refractivity contribution in [3.8, 4) is 63.2 Å². The minimum absolute atomic E-state index is 0.0108. The zero-order chi connectivity index (χ0) is 111. The molecule has 0 aliphatic heterocycles. The molecule has 7 N–H and O–H groups in total. The van der Waals surface area contributed by atoms with Crippen LogP contribution in [0.4, 0.5) is 65.9 Å². The molecule has 41 heteroatoms. The average molecular weight is 2190 g/mol. The molecule has 4 atom stereocenters. The highest BCUT2D eigenvalue weighted by Crippen LogP contribution is 2.53. The number of hydrogen-bond donors (Lipinski definition) is 7. The number of nitrogens with one attached hydrogen (secondary N) is 7. The number of carbonyl (C=O) groups excluding carboxylic acids is 7. The first-order chi connectivity index (χ1) is 70.9. The number of alkyl halides is 15. The molecule has 0 fully saturated rings. The van der Waals surface area contributed by atoms with E-state index in [4.69, 9.17) is 52.1 Å². The van der Waals surface area contributed by atoms with Crippen LogP contribution in [0.3, 0.4) is 0 Å². The van der Waals surface area contributed by atoms with E-state index >= 15 is 0 Å². The molecule has 0 spiro atoms. The summed E-state index contributed by atoms with van der Waals surface area (Å²) < 4.78 is 242. The molecule has 4 unspecified atom stereocenters. The smallest absolute Gasteiger partial charge is 0.471 e. The van der Waals surface area contributed by atoms with Crippen molar-refractivity contribution in [2.24, 2.45) is 5.41 Å². The topological polar surface area (TPSA) is 305 Å². The van der Waals surface area contributed by atoms with Crippen molar-refractivity contribution in [1.82, 2.24) is 37.2 Å². The number of benzene rings is 7. The van der Waals surface area contributed by atoms with Gasteiger partial charge in [-0.3, -0.25) is 33.6 Å². The van der Waals surface area contributed by atoms with Gasteiger partial charge >= 0.3 is 54.5 Å². The molecule has 14 rings (SSSR count). The molecule has 0 radical (unpaired) electrons. The van der Waals surface area contributed by atoms with Crippen molar-refractivity contribution >= 4 is 74.0 Å². The highest BCUT2D eigenvalue weighted by molar-refractivity contribution is 9.10. The number of aryl methyl sites for hydroxylation is 6. The second-order valence-corrected chi connectivity index (χ2v) is 37.7. The van der Waals surface area contributed by atoms with Crippen molar-refractivity contribution in [3.05, 3.63) is 197 Å². The Morgan fingerprint density at radius 2 is 0.753 bits per heavy atom. The van der Waals surface area contributed by atoms with Crippen molar-refractivity contribution < 1.29 is 152 Å². The minimum Gasteiger partial charge on any atom is -0.497 e. The Hall–Kier alpha value is -12.7. The van der Waals surface area contributed by atoms with Crippen LogP contribution in [0.5, 0.6) is 63.2 Å². The van der Waals surface area contributed by atoms with Gasteiger partial charge < -0.3 is 89.3 Å². The molecule has 7 aromatic carbocycles. The third-order valence-electron chi connectivity index (χ3n) is 26.6. The lowest BCUT2D eigenvalue weighted by Crippen LogP contribution is -2.37. The maximum Gasteiger partial charge on any atom is 0.471 e. The molecule has 25 nitrogen and oxygen atoms in total. The number of hydrogen-bond acceptors (Lipinski definition) is 18. The lowest BCUT2D eigenvalue weighted by molar-refractivity contribution is -0.173. The average Bonchev–Trinajstić information content (AvgIpc) is 1.62. The van der Waals surface area contributed by atoms with Gasteiger partial charge in [-0.25, -0.2) is 0 Å². The molecular formula is C109H133BrF15N7O18. The molecule has 7 aliphatic rings. The second-order valence-electron chi connectivity index (χ2n) is 36.8. The lowest BCUT2D eigenvalue weighted by Gasteiger charge is -2.20. The number of methoxy groups -OCH3 is 11. The van der Waals surface area contributed by atoms with Gasteiger partial charge in [0.15, 0.2) is 23.0 Å². The molecule has 7 aromatic rings. The number of allylic oxidation sites excluding steroid dienone is 3. The third-order valence-corrected chi connectivity index (χ3v) is 27.2. The van der Waals surface area contributed by atoms with E-state index in [9.17, 15) is 99.4 Å². The molecule has 0 heterocycles. The van der Waals surface area contributed by atoms with E-state index in [-0.39, 0.29) is 55.9 Å². The maximum absolute atomic E-state index is 12.2.